The van der Waals surface area contributed by atoms with Crippen molar-refractivity contribution in [2.45, 2.75) is 0 Å². The average Bonchev–Trinajstić information content (AvgIpc) is 2.87. The van der Waals surface area contributed by atoms with Crippen molar-refractivity contribution in [1.82, 2.24) is 9.97 Å². The molecule has 5 rings (SSSR count). The van der Waals surface area contributed by atoms with Crippen molar-refractivity contribution in [3.8, 4) is 0 Å². The molecule has 0 radical (unpaired) electrons. The van der Waals surface area contributed by atoms with Crippen molar-refractivity contribution in [2.75, 3.05) is 0 Å². The number of imidazole rings is 1. The molecule has 2 heterocycles. The lowest BCUT2D eigenvalue weighted by Gasteiger charge is -2.05. The lowest BCUT2D eigenvalue weighted by atomic mass is 10.0. The van der Waals surface area contributed by atoms with E-state index in [1.165, 1.54) is 5.39 Å². The summed E-state index contributed by atoms with van der Waals surface area (Å²) < 4.78 is 0. The third-order valence-corrected chi connectivity index (χ3v) is 4.13. The fraction of sp³-hybridized carbons (Fsp3) is 0. The molecule has 0 aliphatic carbocycles. The first-order chi connectivity index (χ1) is 9.83. The summed E-state index contributed by atoms with van der Waals surface area (Å²) in [5.74, 6) is 0. The molecule has 0 amide bonds. The van der Waals surface area contributed by atoms with E-state index in [0.29, 0.717) is 0 Å². The van der Waals surface area contributed by atoms with Crippen LogP contribution in [0.1, 0.15) is 0 Å². The molecule has 3 nitrogen and oxygen atoms in total. The second-order valence-corrected chi connectivity index (χ2v) is 5.20. The van der Waals surface area contributed by atoms with Crippen LogP contribution in [0.3, 0.4) is 0 Å². The SMILES string of the molecule is O=c1ccc2[nH]c3[nH]c2c1c1ccc2ccccc2c31. The van der Waals surface area contributed by atoms with E-state index in [4.69, 9.17) is 0 Å². The van der Waals surface area contributed by atoms with Gasteiger partial charge in [-0.1, -0.05) is 36.4 Å². The quantitative estimate of drug-likeness (QED) is 0.408. The Bertz CT molecular complexity index is 1160. The fourth-order valence-electron chi connectivity index (χ4n) is 3.25. The number of benzene rings is 3. The standard InChI is InChI=1S/C17H10N2O/c20-13-8-7-12-16-15(13)11-6-5-9-3-1-2-4-10(9)14(11)17(18-12)19-16/h1-8,18-19H. The van der Waals surface area contributed by atoms with E-state index in [2.05, 4.69) is 34.2 Å². The zero-order valence-electron chi connectivity index (χ0n) is 10.5. The molecule has 0 aliphatic rings. The van der Waals surface area contributed by atoms with Crippen LogP contribution in [0.25, 0.3) is 43.6 Å². The van der Waals surface area contributed by atoms with Gasteiger partial charge in [-0.2, -0.15) is 0 Å². The Kier molecular flexibility index (Phi) is 1.60. The number of pyridine rings is 1. The molecule has 3 aromatic carbocycles. The van der Waals surface area contributed by atoms with Crippen LogP contribution in [0.2, 0.25) is 0 Å². The Morgan fingerprint density at radius 2 is 1.65 bits per heavy atom. The number of fused-ring (bicyclic) bond motifs is 6. The second kappa shape index (κ2) is 3.20. The fourth-order valence-corrected chi connectivity index (χ4v) is 3.25. The largest absolute Gasteiger partial charge is 0.340 e. The Balaban J connectivity index is 2.28. The third kappa shape index (κ3) is 1.04. The van der Waals surface area contributed by atoms with Gasteiger partial charge in [0.05, 0.1) is 16.4 Å². The molecule has 0 aliphatic heterocycles. The average molecular weight is 258 g/mol. The van der Waals surface area contributed by atoms with Gasteiger partial charge in [-0.25, -0.2) is 0 Å². The zero-order chi connectivity index (χ0) is 13.3. The molecular formula is C17H10N2O. The van der Waals surface area contributed by atoms with Gasteiger partial charge in [0, 0.05) is 5.39 Å². The van der Waals surface area contributed by atoms with Gasteiger partial charge in [0.1, 0.15) is 5.65 Å². The first kappa shape index (κ1) is 10.0. The highest BCUT2D eigenvalue weighted by Crippen LogP contribution is 2.34. The molecule has 2 N–H and O–H groups in total. The van der Waals surface area contributed by atoms with E-state index >= 15 is 0 Å². The van der Waals surface area contributed by atoms with Crippen LogP contribution in [0.15, 0.2) is 53.3 Å². The van der Waals surface area contributed by atoms with Gasteiger partial charge in [0.2, 0.25) is 0 Å². The smallest absolute Gasteiger partial charge is 0.188 e. The van der Waals surface area contributed by atoms with Gasteiger partial charge < -0.3 is 9.97 Å². The number of aromatic amines is 2. The van der Waals surface area contributed by atoms with Crippen molar-refractivity contribution in [3.05, 3.63) is 58.8 Å². The van der Waals surface area contributed by atoms with Gasteiger partial charge >= 0.3 is 0 Å². The number of hydrogen-bond acceptors (Lipinski definition) is 1. The zero-order valence-corrected chi connectivity index (χ0v) is 10.5. The predicted octanol–water partition coefficient (Wildman–Crippen LogP) is 3.75. The molecule has 0 saturated carbocycles. The van der Waals surface area contributed by atoms with Crippen molar-refractivity contribution >= 4 is 43.6 Å². The third-order valence-electron chi connectivity index (χ3n) is 4.13. The Morgan fingerprint density at radius 1 is 0.750 bits per heavy atom. The molecule has 0 unspecified atom stereocenters. The maximum absolute atomic E-state index is 12.3. The molecular weight excluding hydrogens is 248 g/mol. The van der Waals surface area contributed by atoms with Crippen molar-refractivity contribution in [3.63, 3.8) is 0 Å². The van der Waals surface area contributed by atoms with Crippen LogP contribution in [-0.4, -0.2) is 9.97 Å². The lowest BCUT2D eigenvalue weighted by Crippen LogP contribution is -1.99. The van der Waals surface area contributed by atoms with Crippen LogP contribution in [-0.2, 0) is 0 Å². The Hall–Kier alpha value is -2.81. The summed E-state index contributed by atoms with van der Waals surface area (Å²) in [6, 6.07) is 15.9. The van der Waals surface area contributed by atoms with Crippen molar-refractivity contribution in [1.29, 1.82) is 0 Å². The summed E-state index contributed by atoms with van der Waals surface area (Å²) in [5, 5.41) is 5.22. The molecule has 0 spiro atoms. The number of aromatic nitrogens is 2. The van der Waals surface area contributed by atoms with Gasteiger partial charge in [-0.3, -0.25) is 4.79 Å². The number of nitrogens with one attached hydrogen (secondary N) is 2. The highest BCUT2D eigenvalue weighted by Gasteiger charge is 2.14. The van der Waals surface area contributed by atoms with Gasteiger partial charge in [0.25, 0.3) is 0 Å². The molecule has 3 heteroatoms. The van der Waals surface area contributed by atoms with Crippen LogP contribution in [0, 0.1) is 0 Å². The Labute approximate surface area is 113 Å². The van der Waals surface area contributed by atoms with E-state index in [1.807, 2.05) is 18.2 Å². The molecule has 94 valence electrons. The van der Waals surface area contributed by atoms with Crippen LogP contribution in [0.5, 0.6) is 0 Å². The number of hydrogen-bond donors (Lipinski definition) is 2. The highest BCUT2D eigenvalue weighted by molar-refractivity contribution is 6.24. The summed E-state index contributed by atoms with van der Waals surface area (Å²) in [6.45, 7) is 0. The maximum atomic E-state index is 12.3. The van der Waals surface area contributed by atoms with Gasteiger partial charge in [0.15, 0.2) is 5.43 Å². The van der Waals surface area contributed by atoms with Crippen LogP contribution < -0.4 is 5.43 Å². The summed E-state index contributed by atoms with van der Waals surface area (Å²) >= 11 is 0. The molecule has 0 fully saturated rings. The maximum Gasteiger partial charge on any atom is 0.188 e. The predicted molar refractivity (Wildman–Crippen MR) is 82.6 cm³/mol. The van der Waals surface area contributed by atoms with E-state index in [-0.39, 0.29) is 5.43 Å². The van der Waals surface area contributed by atoms with Crippen LogP contribution in [0.4, 0.5) is 0 Å². The lowest BCUT2D eigenvalue weighted by molar-refractivity contribution is 1.48. The molecule has 5 aromatic rings. The first-order valence-electron chi connectivity index (χ1n) is 6.60. The minimum atomic E-state index is 0.0653. The number of rotatable bonds is 0. The highest BCUT2D eigenvalue weighted by atomic mass is 16.1. The topological polar surface area (TPSA) is 48.6 Å². The van der Waals surface area contributed by atoms with E-state index in [0.717, 1.165) is 38.2 Å². The van der Waals surface area contributed by atoms with Crippen molar-refractivity contribution < 1.29 is 0 Å². The minimum Gasteiger partial charge on any atom is -0.340 e. The minimum absolute atomic E-state index is 0.0653. The normalized spacial score (nSPS) is 12.2. The molecule has 0 atom stereocenters. The summed E-state index contributed by atoms with van der Waals surface area (Å²) in [5.41, 5.74) is 2.94. The molecule has 2 bridgehead atoms. The second-order valence-electron chi connectivity index (χ2n) is 5.20. The molecule has 0 saturated heterocycles. The molecule has 20 heavy (non-hydrogen) atoms. The number of H-pyrrole nitrogens is 2. The van der Waals surface area contributed by atoms with Crippen LogP contribution >= 0.6 is 0 Å². The summed E-state index contributed by atoms with van der Waals surface area (Å²) in [6.07, 6.45) is 0. The Morgan fingerprint density at radius 3 is 2.60 bits per heavy atom. The van der Waals surface area contributed by atoms with Crippen molar-refractivity contribution in [2.24, 2.45) is 0 Å². The van der Waals surface area contributed by atoms with E-state index in [1.54, 1.807) is 6.07 Å². The van der Waals surface area contributed by atoms with Gasteiger partial charge in [-0.15, -0.1) is 0 Å². The monoisotopic (exact) mass is 258 g/mol. The van der Waals surface area contributed by atoms with E-state index < -0.39 is 0 Å². The summed E-state index contributed by atoms with van der Waals surface area (Å²) in [4.78, 5) is 19.0. The first-order valence-corrected chi connectivity index (χ1v) is 6.60. The summed E-state index contributed by atoms with van der Waals surface area (Å²) in [7, 11) is 0. The van der Waals surface area contributed by atoms with E-state index in [9.17, 15) is 4.79 Å². The van der Waals surface area contributed by atoms with Gasteiger partial charge in [-0.05, 0) is 28.3 Å². The molecule has 2 aromatic heterocycles.